The third kappa shape index (κ3) is 5.85. The van der Waals surface area contributed by atoms with Gasteiger partial charge in [-0.25, -0.2) is 0 Å². The zero-order valence-corrected chi connectivity index (χ0v) is 10.0. The van der Waals surface area contributed by atoms with E-state index in [2.05, 4.69) is 5.16 Å². The first kappa shape index (κ1) is 14.5. The van der Waals surface area contributed by atoms with Gasteiger partial charge in [-0.05, 0) is 19.3 Å². The van der Waals surface area contributed by atoms with Crippen molar-refractivity contribution in [3.63, 3.8) is 0 Å². The number of halogens is 2. The largest absolute Gasteiger partial charge is 0.481 e. The third-order valence-electron chi connectivity index (χ3n) is 1.98. The van der Waals surface area contributed by atoms with Crippen LogP contribution in [-0.4, -0.2) is 32.7 Å². The Bertz CT molecular complexity index is 233. The highest BCUT2D eigenvalue weighted by molar-refractivity contribution is 6.38. The molecule has 0 spiro atoms. The summed E-state index contributed by atoms with van der Waals surface area (Å²) in [6, 6.07) is 0. The minimum atomic E-state index is -0.745. The number of hydrogen-bond acceptors (Lipinski definition) is 3. The average molecular weight is 256 g/mol. The molecule has 0 amide bonds. The summed E-state index contributed by atoms with van der Waals surface area (Å²) >= 11 is 11.6. The number of carboxylic acid groups (broad SMARTS) is 1. The lowest BCUT2D eigenvalue weighted by Crippen LogP contribution is -2.29. The summed E-state index contributed by atoms with van der Waals surface area (Å²) in [5.74, 6) is -0.745. The minimum Gasteiger partial charge on any atom is -0.481 e. The van der Waals surface area contributed by atoms with Crippen molar-refractivity contribution >= 4 is 34.9 Å². The topological polar surface area (TPSA) is 69.9 Å². The maximum absolute atomic E-state index is 9.37. The number of carboxylic acids is 1. The Labute approximate surface area is 98.9 Å². The van der Waals surface area contributed by atoms with Gasteiger partial charge in [0.1, 0.15) is 0 Å². The molecule has 15 heavy (non-hydrogen) atoms. The van der Waals surface area contributed by atoms with E-state index in [0.717, 1.165) is 19.3 Å². The van der Waals surface area contributed by atoms with Crippen LogP contribution in [0.3, 0.4) is 0 Å². The molecular weight excluding hydrogens is 241 g/mol. The van der Waals surface area contributed by atoms with Crippen LogP contribution in [0.1, 0.15) is 32.6 Å². The molecule has 0 aromatic rings. The molecule has 2 N–H and O–H groups in total. The molecular formula is C9H15Cl2NO3. The summed E-state index contributed by atoms with van der Waals surface area (Å²) in [4.78, 5) is 9.37. The number of hydrogen-bond donors (Lipinski definition) is 2. The van der Waals surface area contributed by atoms with E-state index in [4.69, 9.17) is 33.5 Å². The lowest BCUT2D eigenvalue weighted by molar-refractivity contribution is -0.136. The fraction of sp³-hybridized carbons (Fsp3) is 0.778. The van der Waals surface area contributed by atoms with Crippen LogP contribution in [0.4, 0.5) is 0 Å². The van der Waals surface area contributed by atoms with Gasteiger partial charge in [-0.2, -0.15) is 0 Å². The second-order valence-electron chi connectivity index (χ2n) is 3.15. The molecule has 88 valence electrons. The molecule has 1 aliphatic carbocycles. The SMILES string of the molecule is CCC(=O)O.ON=C1CCCC(Cl)C1Cl. The van der Waals surface area contributed by atoms with E-state index < -0.39 is 5.97 Å². The number of carbonyl (C=O) groups is 1. The highest BCUT2D eigenvalue weighted by Crippen LogP contribution is 2.25. The summed E-state index contributed by atoms with van der Waals surface area (Å²) in [5, 5.41) is 18.9. The van der Waals surface area contributed by atoms with Gasteiger partial charge in [0.15, 0.2) is 0 Å². The lowest BCUT2D eigenvalue weighted by atomic mass is 9.98. The van der Waals surface area contributed by atoms with Crippen LogP contribution in [0.15, 0.2) is 5.16 Å². The summed E-state index contributed by atoms with van der Waals surface area (Å²) in [6.07, 6.45) is 2.87. The van der Waals surface area contributed by atoms with Crippen LogP contribution >= 0.6 is 23.2 Å². The van der Waals surface area contributed by atoms with Crippen molar-refractivity contribution in [1.29, 1.82) is 0 Å². The zero-order chi connectivity index (χ0) is 11.8. The molecule has 1 fully saturated rings. The van der Waals surface area contributed by atoms with Crippen molar-refractivity contribution in [2.24, 2.45) is 5.16 Å². The number of nitrogens with zero attached hydrogens (tertiary/aromatic N) is 1. The van der Waals surface area contributed by atoms with E-state index in [9.17, 15) is 4.79 Å². The van der Waals surface area contributed by atoms with Crippen LogP contribution in [0.25, 0.3) is 0 Å². The molecule has 0 radical (unpaired) electrons. The van der Waals surface area contributed by atoms with Gasteiger partial charge < -0.3 is 10.3 Å². The molecule has 0 heterocycles. The van der Waals surface area contributed by atoms with Crippen LogP contribution in [0.5, 0.6) is 0 Å². The van der Waals surface area contributed by atoms with Gasteiger partial charge in [0.2, 0.25) is 0 Å². The molecule has 1 aliphatic rings. The van der Waals surface area contributed by atoms with E-state index in [1.807, 2.05) is 0 Å². The smallest absolute Gasteiger partial charge is 0.303 e. The Hall–Kier alpha value is -0.480. The fourth-order valence-electron chi connectivity index (χ4n) is 1.08. The molecule has 0 aromatic carbocycles. The van der Waals surface area contributed by atoms with Gasteiger partial charge in [0, 0.05) is 6.42 Å². The van der Waals surface area contributed by atoms with E-state index in [1.54, 1.807) is 6.92 Å². The summed E-state index contributed by atoms with van der Waals surface area (Å²) in [5.41, 5.74) is 0.618. The van der Waals surface area contributed by atoms with Crippen molar-refractivity contribution < 1.29 is 15.1 Å². The quantitative estimate of drug-likeness (QED) is 0.430. The summed E-state index contributed by atoms with van der Waals surface area (Å²) in [7, 11) is 0. The first-order chi connectivity index (χ1) is 7.02. The molecule has 1 saturated carbocycles. The molecule has 2 unspecified atom stereocenters. The first-order valence-corrected chi connectivity index (χ1v) is 5.61. The van der Waals surface area contributed by atoms with E-state index in [0.29, 0.717) is 5.71 Å². The molecule has 0 aliphatic heterocycles. The Kier molecular flexibility index (Phi) is 7.52. The van der Waals surface area contributed by atoms with Crippen molar-refractivity contribution in [3.8, 4) is 0 Å². The molecule has 1 rings (SSSR count). The predicted molar refractivity (Wildman–Crippen MR) is 60.3 cm³/mol. The molecule has 0 bridgehead atoms. The summed E-state index contributed by atoms with van der Waals surface area (Å²) < 4.78 is 0. The van der Waals surface area contributed by atoms with E-state index in [-0.39, 0.29) is 17.2 Å². The fourth-order valence-corrected chi connectivity index (χ4v) is 1.65. The van der Waals surface area contributed by atoms with Gasteiger partial charge in [0.05, 0.1) is 16.5 Å². The van der Waals surface area contributed by atoms with Crippen LogP contribution in [-0.2, 0) is 4.79 Å². The van der Waals surface area contributed by atoms with Gasteiger partial charge in [0.25, 0.3) is 0 Å². The van der Waals surface area contributed by atoms with Crippen LogP contribution in [0, 0.1) is 0 Å². The molecule has 0 aromatic heterocycles. The standard InChI is InChI=1S/C6H9Cl2NO.C3H6O2/c7-4-2-1-3-5(9-10)6(4)8;1-2-3(4)5/h4,6,10H,1-3H2;2H2,1H3,(H,4,5). The monoisotopic (exact) mass is 255 g/mol. The Morgan fingerprint density at radius 3 is 2.47 bits per heavy atom. The second-order valence-corrected chi connectivity index (χ2v) is 4.18. The highest BCUT2D eigenvalue weighted by atomic mass is 35.5. The van der Waals surface area contributed by atoms with E-state index >= 15 is 0 Å². The van der Waals surface area contributed by atoms with Crippen LogP contribution in [0.2, 0.25) is 0 Å². The molecule has 4 nitrogen and oxygen atoms in total. The first-order valence-electron chi connectivity index (χ1n) is 4.73. The van der Waals surface area contributed by atoms with Gasteiger partial charge >= 0.3 is 5.97 Å². The molecule has 6 heteroatoms. The maximum Gasteiger partial charge on any atom is 0.303 e. The van der Waals surface area contributed by atoms with Crippen molar-refractivity contribution in [2.75, 3.05) is 0 Å². The molecule has 0 saturated heterocycles. The number of oxime groups is 1. The van der Waals surface area contributed by atoms with Crippen LogP contribution < -0.4 is 0 Å². The second kappa shape index (κ2) is 7.77. The van der Waals surface area contributed by atoms with Crippen molar-refractivity contribution in [1.82, 2.24) is 0 Å². The predicted octanol–water partition coefficient (Wildman–Crippen LogP) is 2.70. The molecule has 2 atom stereocenters. The zero-order valence-electron chi connectivity index (χ0n) is 8.49. The lowest BCUT2D eigenvalue weighted by Gasteiger charge is -2.21. The van der Waals surface area contributed by atoms with Gasteiger partial charge in [-0.15, -0.1) is 23.2 Å². The van der Waals surface area contributed by atoms with Crippen molar-refractivity contribution in [3.05, 3.63) is 0 Å². The Balaban J connectivity index is 0.000000336. The van der Waals surface area contributed by atoms with Crippen molar-refractivity contribution in [2.45, 2.75) is 43.4 Å². The Morgan fingerprint density at radius 2 is 2.13 bits per heavy atom. The minimum absolute atomic E-state index is 0.0682. The third-order valence-corrected chi connectivity index (χ3v) is 3.13. The van der Waals surface area contributed by atoms with Gasteiger partial charge in [-0.1, -0.05) is 12.1 Å². The number of aliphatic carboxylic acids is 1. The van der Waals surface area contributed by atoms with E-state index in [1.165, 1.54) is 0 Å². The normalized spacial score (nSPS) is 28.1. The maximum atomic E-state index is 9.37. The number of rotatable bonds is 1. The summed E-state index contributed by atoms with van der Waals surface area (Å²) in [6.45, 7) is 1.60. The highest BCUT2D eigenvalue weighted by Gasteiger charge is 2.26. The Morgan fingerprint density at radius 1 is 1.60 bits per heavy atom. The van der Waals surface area contributed by atoms with Gasteiger partial charge in [-0.3, -0.25) is 4.79 Å². The average Bonchev–Trinajstić information content (AvgIpc) is 2.23. The number of alkyl halides is 2.